The highest BCUT2D eigenvalue weighted by Crippen LogP contribution is 2.32. The number of hydrogen-bond donors (Lipinski definition) is 3. The van der Waals surface area contributed by atoms with E-state index in [2.05, 4.69) is 12.6 Å². The summed E-state index contributed by atoms with van der Waals surface area (Å²) in [6, 6.07) is 3.50. The molecule has 0 spiro atoms. The zero-order valence-electron chi connectivity index (χ0n) is 8.19. The van der Waals surface area contributed by atoms with Crippen LogP contribution in [0.5, 0.6) is 5.75 Å². The molecule has 0 amide bonds. The number of benzene rings is 1. The van der Waals surface area contributed by atoms with Gasteiger partial charge in [-0.05, 0) is 31.5 Å². The third-order valence-corrected chi connectivity index (χ3v) is 2.14. The van der Waals surface area contributed by atoms with Crippen LogP contribution in [0.4, 0.5) is 0 Å². The highest BCUT2D eigenvalue weighted by molar-refractivity contribution is 7.80. The average molecular weight is 214 g/mol. The van der Waals surface area contributed by atoms with Crippen molar-refractivity contribution in [3.63, 3.8) is 0 Å². The molecular formula is C10H14O3S. The molecule has 0 saturated heterocycles. The number of rotatable bonds is 3. The standard InChI is InChI=1S/C10H14O3S/c1-3-13-9-7(10(11)12)4-6(2)5-8(9)14/h4-5,10-12,14H,3H2,1-2H3. The summed E-state index contributed by atoms with van der Waals surface area (Å²) in [6.07, 6.45) is -1.53. The lowest BCUT2D eigenvalue weighted by Gasteiger charge is -2.14. The second-order valence-corrected chi connectivity index (χ2v) is 3.49. The Balaban J connectivity index is 3.21. The molecule has 0 aliphatic rings. The Bertz CT molecular complexity index is 323. The van der Waals surface area contributed by atoms with Gasteiger partial charge in [-0.15, -0.1) is 12.6 Å². The van der Waals surface area contributed by atoms with E-state index in [0.29, 0.717) is 22.8 Å². The molecule has 2 N–H and O–H groups in total. The van der Waals surface area contributed by atoms with Crippen molar-refractivity contribution >= 4 is 12.6 Å². The van der Waals surface area contributed by atoms with Crippen LogP contribution in [-0.4, -0.2) is 16.8 Å². The molecule has 3 nitrogen and oxygen atoms in total. The first kappa shape index (κ1) is 11.4. The second-order valence-electron chi connectivity index (χ2n) is 3.01. The minimum Gasteiger partial charge on any atom is -0.492 e. The van der Waals surface area contributed by atoms with Crippen molar-refractivity contribution in [3.8, 4) is 5.75 Å². The fourth-order valence-electron chi connectivity index (χ4n) is 1.27. The van der Waals surface area contributed by atoms with Crippen molar-refractivity contribution in [3.05, 3.63) is 23.3 Å². The normalized spacial score (nSPS) is 10.7. The predicted molar refractivity (Wildman–Crippen MR) is 56.8 cm³/mol. The van der Waals surface area contributed by atoms with Gasteiger partial charge in [-0.25, -0.2) is 0 Å². The van der Waals surface area contributed by atoms with Gasteiger partial charge in [-0.3, -0.25) is 0 Å². The lowest BCUT2D eigenvalue weighted by atomic mass is 10.1. The molecule has 0 atom stereocenters. The van der Waals surface area contributed by atoms with Gasteiger partial charge >= 0.3 is 0 Å². The van der Waals surface area contributed by atoms with Crippen molar-refractivity contribution in [2.75, 3.05) is 6.61 Å². The minimum absolute atomic E-state index is 0.358. The molecule has 4 heteroatoms. The van der Waals surface area contributed by atoms with Gasteiger partial charge in [0.05, 0.1) is 12.2 Å². The zero-order chi connectivity index (χ0) is 10.7. The molecule has 0 aromatic heterocycles. The smallest absolute Gasteiger partial charge is 0.182 e. The molecule has 0 unspecified atom stereocenters. The molecule has 78 valence electrons. The van der Waals surface area contributed by atoms with Gasteiger partial charge in [0.2, 0.25) is 0 Å². The molecule has 14 heavy (non-hydrogen) atoms. The van der Waals surface area contributed by atoms with Crippen molar-refractivity contribution in [2.24, 2.45) is 0 Å². The van der Waals surface area contributed by atoms with E-state index in [1.807, 2.05) is 19.9 Å². The molecule has 0 bridgehead atoms. The van der Waals surface area contributed by atoms with Crippen LogP contribution < -0.4 is 4.74 Å². The fraction of sp³-hybridized carbons (Fsp3) is 0.400. The quantitative estimate of drug-likeness (QED) is 0.530. The Kier molecular flexibility index (Phi) is 3.80. The van der Waals surface area contributed by atoms with Crippen LogP contribution in [-0.2, 0) is 0 Å². The summed E-state index contributed by atoms with van der Waals surface area (Å²) in [4.78, 5) is 0.620. The van der Waals surface area contributed by atoms with Crippen molar-refractivity contribution in [1.29, 1.82) is 0 Å². The second kappa shape index (κ2) is 4.68. The zero-order valence-corrected chi connectivity index (χ0v) is 9.08. The third-order valence-electron chi connectivity index (χ3n) is 1.81. The Morgan fingerprint density at radius 2 is 2.07 bits per heavy atom. The first-order valence-corrected chi connectivity index (χ1v) is 4.83. The first-order valence-electron chi connectivity index (χ1n) is 4.38. The number of hydrogen-bond acceptors (Lipinski definition) is 4. The highest BCUT2D eigenvalue weighted by atomic mass is 32.1. The third kappa shape index (κ3) is 2.41. The Hall–Kier alpha value is -0.710. The maximum absolute atomic E-state index is 9.12. The Morgan fingerprint density at radius 1 is 1.43 bits per heavy atom. The molecule has 0 radical (unpaired) electrons. The molecule has 0 aliphatic carbocycles. The van der Waals surface area contributed by atoms with E-state index in [-0.39, 0.29) is 0 Å². The van der Waals surface area contributed by atoms with Crippen LogP contribution in [0.25, 0.3) is 0 Å². The van der Waals surface area contributed by atoms with Crippen molar-refractivity contribution in [1.82, 2.24) is 0 Å². The Labute approximate surface area is 88.7 Å². The van der Waals surface area contributed by atoms with Crippen molar-refractivity contribution < 1.29 is 14.9 Å². The molecule has 0 heterocycles. The minimum atomic E-state index is -1.53. The summed E-state index contributed by atoms with van der Waals surface area (Å²) in [5.74, 6) is 0.441. The van der Waals surface area contributed by atoms with Gasteiger partial charge in [-0.1, -0.05) is 0 Å². The summed E-state index contributed by atoms with van der Waals surface area (Å²) in [6.45, 7) is 4.16. The lowest BCUT2D eigenvalue weighted by molar-refractivity contribution is -0.0444. The van der Waals surface area contributed by atoms with Crippen LogP contribution in [0, 0.1) is 6.92 Å². The summed E-state index contributed by atoms with van der Waals surface area (Å²) in [5, 5.41) is 18.2. The van der Waals surface area contributed by atoms with E-state index < -0.39 is 6.29 Å². The molecule has 0 aliphatic heterocycles. The molecule has 1 aromatic rings. The largest absolute Gasteiger partial charge is 0.492 e. The van der Waals surface area contributed by atoms with E-state index in [4.69, 9.17) is 14.9 Å². The first-order chi connectivity index (χ1) is 6.56. The SMILES string of the molecule is CCOc1c(S)cc(C)cc1C(O)O. The van der Waals surface area contributed by atoms with Crippen LogP contribution in [0.15, 0.2) is 17.0 Å². The monoisotopic (exact) mass is 214 g/mol. The molecule has 0 saturated carbocycles. The maximum atomic E-state index is 9.12. The fourth-order valence-corrected chi connectivity index (χ4v) is 1.67. The number of ether oxygens (including phenoxy) is 1. The van der Waals surface area contributed by atoms with E-state index in [9.17, 15) is 0 Å². The van der Waals surface area contributed by atoms with E-state index in [1.165, 1.54) is 0 Å². The number of aliphatic hydroxyl groups is 2. The predicted octanol–water partition coefficient (Wildman–Crippen LogP) is 1.67. The molecule has 0 fully saturated rings. The summed E-state index contributed by atoms with van der Waals surface area (Å²) < 4.78 is 5.29. The van der Waals surface area contributed by atoms with Crippen LogP contribution >= 0.6 is 12.6 Å². The van der Waals surface area contributed by atoms with Crippen LogP contribution in [0.1, 0.15) is 24.3 Å². The van der Waals surface area contributed by atoms with E-state index in [0.717, 1.165) is 5.56 Å². The van der Waals surface area contributed by atoms with Gasteiger partial charge in [-0.2, -0.15) is 0 Å². The van der Waals surface area contributed by atoms with E-state index >= 15 is 0 Å². The molecule has 1 aromatic carbocycles. The number of aliphatic hydroxyl groups excluding tert-OH is 1. The average Bonchev–Trinajstić information content (AvgIpc) is 2.09. The van der Waals surface area contributed by atoms with Gasteiger partial charge < -0.3 is 14.9 Å². The molecule has 1 rings (SSSR count). The summed E-state index contributed by atoms with van der Waals surface area (Å²) >= 11 is 4.22. The van der Waals surface area contributed by atoms with Gasteiger partial charge in [0.15, 0.2) is 6.29 Å². The maximum Gasteiger partial charge on any atom is 0.182 e. The van der Waals surface area contributed by atoms with Crippen molar-refractivity contribution in [2.45, 2.75) is 25.0 Å². The number of aryl methyl sites for hydroxylation is 1. The van der Waals surface area contributed by atoms with Crippen LogP contribution in [0.3, 0.4) is 0 Å². The lowest BCUT2D eigenvalue weighted by Crippen LogP contribution is -2.03. The van der Waals surface area contributed by atoms with Crippen LogP contribution in [0.2, 0.25) is 0 Å². The Morgan fingerprint density at radius 3 is 2.57 bits per heavy atom. The number of thiol groups is 1. The highest BCUT2D eigenvalue weighted by Gasteiger charge is 2.13. The summed E-state index contributed by atoms with van der Waals surface area (Å²) in [7, 11) is 0. The van der Waals surface area contributed by atoms with Gasteiger partial charge in [0, 0.05) is 4.90 Å². The van der Waals surface area contributed by atoms with Gasteiger partial charge in [0.1, 0.15) is 5.75 Å². The van der Waals surface area contributed by atoms with Gasteiger partial charge in [0.25, 0.3) is 0 Å². The van der Waals surface area contributed by atoms with E-state index in [1.54, 1.807) is 6.07 Å². The summed E-state index contributed by atoms with van der Waals surface area (Å²) in [5.41, 5.74) is 1.28. The topological polar surface area (TPSA) is 49.7 Å². The molecular weight excluding hydrogens is 200 g/mol.